The first-order chi connectivity index (χ1) is 11.6. The summed E-state index contributed by atoms with van der Waals surface area (Å²) in [5.41, 5.74) is 0. The summed E-state index contributed by atoms with van der Waals surface area (Å²) >= 11 is 0. The molecule has 25 heavy (non-hydrogen) atoms. The number of carbonyl (C=O) groups excluding carboxylic acids is 3. The molecule has 0 unspecified atom stereocenters. The Morgan fingerprint density at radius 3 is 2.40 bits per heavy atom. The second kappa shape index (κ2) is 11.3. The van der Waals surface area contributed by atoms with Gasteiger partial charge in [0.05, 0.1) is 0 Å². The monoisotopic (exact) mass is 374 g/mol. The smallest absolute Gasteiger partial charge is 0.326 e. The predicted molar refractivity (Wildman–Crippen MR) is 98.7 cm³/mol. The van der Waals surface area contributed by atoms with E-state index in [0.717, 1.165) is 6.54 Å². The van der Waals surface area contributed by atoms with Crippen LogP contribution in [0.3, 0.4) is 0 Å². The summed E-state index contributed by atoms with van der Waals surface area (Å²) in [6, 6.07) is 0.321. The van der Waals surface area contributed by atoms with Gasteiger partial charge in [0.2, 0.25) is 11.8 Å². The van der Waals surface area contributed by atoms with Crippen LogP contribution >= 0.6 is 12.4 Å². The SMILES string of the molecule is CN1CC(=O)N(CCCC(=O)NCCNC2CCCCCC2)C1=O.Cl. The fourth-order valence-corrected chi connectivity index (χ4v) is 3.34. The van der Waals surface area contributed by atoms with Crippen LogP contribution in [-0.2, 0) is 9.59 Å². The fourth-order valence-electron chi connectivity index (χ4n) is 3.34. The number of imide groups is 1. The molecule has 0 aromatic carbocycles. The molecule has 0 aromatic heterocycles. The Hall–Kier alpha value is -1.34. The van der Waals surface area contributed by atoms with E-state index in [2.05, 4.69) is 10.6 Å². The largest absolute Gasteiger partial charge is 0.355 e. The van der Waals surface area contributed by atoms with Crippen molar-refractivity contribution in [3.63, 3.8) is 0 Å². The third-order valence-corrected chi connectivity index (χ3v) is 4.75. The van der Waals surface area contributed by atoms with Crippen molar-refractivity contribution >= 4 is 30.3 Å². The molecular weight excluding hydrogens is 344 g/mol. The third-order valence-electron chi connectivity index (χ3n) is 4.75. The molecule has 0 atom stereocenters. The maximum atomic E-state index is 11.8. The van der Waals surface area contributed by atoms with Crippen molar-refractivity contribution in [1.82, 2.24) is 20.4 Å². The van der Waals surface area contributed by atoms with Crippen molar-refractivity contribution in [3.8, 4) is 0 Å². The van der Waals surface area contributed by atoms with E-state index in [0.29, 0.717) is 32.0 Å². The van der Waals surface area contributed by atoms with Crippen LogP contribution in [0.2, 0.25) is 0 Å². The molecule has 4 amide bonds. The van der Waals surface area contributed by atoms with Crippen molar-refractivity contribution in [3.05, 3.63) is 0 Å². The summed E-state index contributed by atoms with van der Waals surface area (Å²) in [7, 11) is 1.61. The van der Waals surface area contributed by atoms with Gasteiger partial charge in [-0.25, -0.2) is 4.79 Å². The van der Waals surface area contributed by atoms with Crippen LogP contribution in [0.25, 0.3) is 0 Å². The first-order valence-corrected chi connectivity index (χ1v) is 9.13. The maximum absolute atomic E-state index is 11.8. The number of rotatable bonds is 8. The molecule has 2 fully saturated rings. The standard InChI is InChI=1S/C17H30N4O3.ClH/c1-20-13-16(23)21(17(20)24)12-6-9-15(22)19-11-10-18-14-7-4-2-3-5-8-14;/h14,18H,2-13H2,1H3,(H,19,22);1H. The quantitative estimate of drug-likeness (QED) is 0.383. The number of hydrogen-bond donors (Lipinski definition) is 2. The molecule has 2 rings (SSSR count). The molecule has 0 aromatic rings. The van der Waals surface area contributed by atoms with Gasteiger partial charge in [-0.1, -0.05) is 25.7 Å². The Kier molecular flexibility index (Phi) is 9.82. The van der Waals surface area contributed by atoms with E-state index < -0.39 is 0 Å². The van der Waals surface area contributed by atoms with Crippen molar-refractivity contribution in [2.45, 2.75) is 57.4 Å². The van der Waals surface area contributed by atoms with Gasteiger partial charge in [-0.15, -0.1) is 12.4 Å². The fraction of sp³-hybridized carbons (Fsp3) is 0.824. The van der Waals surface area contributed by atoms with Crippen molar-refractivity contribution in [2.24, 2.45) is 0 Å². The van der Waals surface area contributed by atoms with E-state index in [1.165, 1.54) is 48.3 Å². The summed E-state index contributed by atoms with van der Waals surface area (Å²) in [4.78, 5) is 37.7. The summed E-state index contributed by atoms with van der Waals surface area (Å²) in [6.45, 7) is 1.87. The molecule has 0 radical (unpaired) electrons. The van der Waals surface area contributed by atoms with Crippen LogP contribution in [0.4, 0.5) is 4.79 Å². The van der Waals surface area contributed by atoms with Crippen molar-refractivity contribution in [1.29, 1.82) is 0 Å². The van der Waals surface area contributed by atoms with Gasteiger partial charge in [0.25, 0.3) is 0 Å². The highest BCUT2D eigenvalue weighted by atomic mass is 35.5. The highest BCUT2D eigenvalue weighted by Gasteiger charge is 2.32. The molecule has 1 saturated heterocycles. The predicted octanol–water partition coefficient (Wildman–Crippen LogP) is 1.51. The Bertz CT molecular complexity index is 453. The lowest BCUT2D eigenvalue weighted by Gasteiger charge is -2.16. The highest BCUT2D eigenvalue weighted by molar-refractivity contribution is 6.01. The first-order valence-electron chi connectivity index (χ1n) is 9.13. The van der Waals surface area contributed by atoms with Crippen LogP contribution in [0.15, 0.2) is 0 Å². The molecule has 1 saturated carbocycles. The van der Waals surface area contributed by atoms with Crippen LogP contribution in [0.1, 0.15) is 51.4 Å². The Labute approximate surface area is 156 Å². The third kappa shape index (κ3) is 7.20. The molecular formula is C17H31ClN4O3. The minimum atomic E-state index is -0.270. The topological polar surface area (TPSA) is 81.8 Å². The average molecular weight is 375 g/mol. The Balaban J connectivity index is 0.00000312. The van der Waals surface area contributed by atoms with Gasteiger partial charge in [0.1, 0.15) is 6.54 Å². The number of amides is 4. The number of halogens is 1. The lowest BCUT2D eigenvalue weighted by molar-refractivity contribution is -0.126. The molecule has 2 aliphatic rings. The zero-order valence-corrected chi connectivity index (χ0v) is 15.9. The summed E-state index contributed by atoms with van der Waals surface area (Å²) in [5, 5.41) is 6.41. The van der Waals surface area contributed by atoms with Gasteiger partial charge in [-0.2, -0.15) is 0 Å². The van der Waals surface area contributed by atoms with Gasteiger partial charge in [-0.05, 0) is 19.3 Å². The summed E-state index contributed by atoms with van der Waals surface area (Å²) in [5.74, 6) is -0.208. The van der Waals surface area contributed by atoms with E-state index in [4.69, 9.17) is 0 Å². The van der Waals surface area contributed by atoms with E-state index >= 15 is 0 Å². The summed E-state index contributed by atoms with van der Waals surface area (Å²) < 4.78 is 0. The van der Waals surface area contributed by atoms with Crippen LogP contribution in [-0.4, -0.2) is 66.9 Å². The molecule has 144 valence electrons. The van der Waals surface area contributed by atoms with Gasteiger partial charge in [0, 0.05) is 39.1 Å². The zero-order valence-electron chi connectivity index (χ0n) is 15.1. The van der Waals surface area contributed by atoms with Crippen molar-refractivity contribution in [2.75, 3.05) is 33.2 Å². The zero-order chi connectivity index (χ0) is 17.4. The molecule has 0 spiro atoms. The minimum Gasteiger partial charge on any atom is -0.355 e. The van der Waals surface area contributed by atoms with Crippen LogP contribution in [0, 0.1) is 0 Å². The van der Waals surface area contributed by atoms with Gasteiger partial charge >= 0.3 is 6.03 Å². The Morgan fingerprint density at radius 2 is 1.80 bits per heavy atom. The van der Waals surface area contributed by atoms with Crippen LogP contribution < -0.4 is 10.6 Å². The minimum absolute atomic E-state index is 0. The maximum Gasteiger partial charge on any atom is 0.326 e. The number of carbonyl (C=O) groups is 3. The van der Waals surface area contributed by atoms with Crippen molar-refractivity contribution < 1.29 is 14.4 Å². The molecule has 1 aliphatic heterocycles. The normalized spacial score (nSPS) is 18.9. The number of nitrogens with one attached hydrogen (secondary N) is 2. The lowest BCUT2D eigenvalue weighted by atomic mass is 10.1. The number of urea groups is 1. The number of hydrogen-bond acceptors (Lipinski definition) is 4. The lowest BCUT2D eigenvalue weighted by Crippen LogP contribution is -2.37. The highest BCUT2D eigenvalue weighted by Crippen LogP contribution is 2.16. The van der Waals surface area contributed by atoms with E-state index in [-0.39, 0.29) is 36.8 Å². The molecule has 7 nitrogen and oxygen atoms in total. The second-order valence-corrected chi connectivity index (χ2v) is 6.78. The van der Waals surface area contributed by atoms with E-state index in [1.807, 2.05) is 0 Å². The summed E-state index contributed by atoms with van der Waals surface area (Å²) in [6.07, 6.45) is 8.59. The van der Waals surface area contributed by atoms with Crippen LogP contribution in [0.5, 0.6) is 0 Å². The first kappa shape index (κ1) is 21.7. The molecule has 0 bridgehead atoms. The average Bonchev–Trinajstić information content (AvgIpc) is 2.77. The molecule has 2 N–H and O–H groups in total. The Morgan fingerprint density at radius 1 is 1.12 bits per heavy atom. The number of nitrogens with zero attached hydrogens (tertiary/aromatic N) is 2. The number of likely N-dealkylation sites (N-methyl/N-ethyl adjacent to an activating group) is 1. The molecule has 1 aliphatic carbocycles. The second-order valence-electron chi connectivity index (χ2n) is 6.78. The van der Waals surface area contributed by atoms with E-state index in [9.17, 15) is 14.4 Å². The van der Waals surface area contributed by atoms with Gasteiger partial charge in [-0.3, -0.25) is 14.5 Å². The van der Waals surface area contributed by atoms with E-state index in [1.54, 1.807) is 7.05 Å². The van der Waals surface area contributed by atoms with Gasteiger partial charge in [0.15, 0.2) is 0 Å². The molecule has 1 heterocycles. The molecule has 8 heteroatoms. The van der Waals surface area contributed by atoms with Gasteiger partial charge < -0.3 is 15.5 Å².